The first-order valence-electron chi connectivity index (χ1n) is 5.94. The van der Waals surface area contributed by atoms with Crippen LogP contribution in [-0.2, 0) is 0 Å². The number of nitrogens with two attached hydrogens (primary N) is 1. The molecule has 0 aliphatic rings. The lowest BCUT2D eigenvalue weighted by Crippen LogP contribution is -2.26. The van der Waals surface area contributed by atoms with E-state index in [1.165, 1.54) is 0 Å². The van der Waals surface area contributed by atoms with Crippen molar-refractivity contribution in [3.63, 3.8) is 0 Å². The predicted octanol–water partition coefficient (Wildman–Crippen LogP) is 3.82. The first-order valence-corrected chi connectivity index (χ1v) is 8.10. The number of rotatable bonds is 5. The van der Waals surface area contributed by atoms with Crippen LogP contribution in [0, 0.1) is 13.1 Å². The second kappa shape index (κ2) is 8.86. The van der Waals surface area contributed by atoms with Gasteiger partial charge < -0.3 is 15.9 Å². The van der Waals surface area contributed by atoms with Crippen LogP contribution >= 0.6 is 57.6 Å². The van der Waals surface area contributed by atoms with Crippen molar-refractivity contribution in [1.82, 2.24) is 0 Å². The van der Waals surface area contributed by atoms with E-state index < -0.39 is 12.1 Å². The Kier molecular flexibility index (Phi) is 9.18. The second-order valence-electron chi connectivity index (χ2n) is 4.90. The molecule has 0 amide bonds. The topological polar surface area (TPSA) is 66.5 Å². The van der Waals surface area contributed by atoms with Crippen LogP contribution in [0.15, 0.2) is 12.1 Å². The van der Waals surface area contributed by atoms with Gasteiger partial charge in [-0.3, -0.25) is 0 Å². The van der Waals surface area contributed by atoms with Crippen molar-refractivity contribution in [1.29, 1.82) is 0 Å². The highest BCUT2D eigenvalue weighted by Crippen LogP contribution is 2.30. The molecule has 0 aliphatic heterocycles. The minimum absolute atomic E-state index is 0. The highest BCUT2D eigenvalue weighted by molar-refractivity contribution is 14.1. The van der Waals surface area contributed by atoms with E-state index in [0.29, 0.717) is 12.3 Å². The van der Waals surface area contributed by atoms with E-state index in [0.717, 1.165) is 19.1 Å². The quantitative estimate of drug-likeness (QED) is 0.527. The van der Waals surface area contributed by atoms with Crippen LogP contribution in [0.3, 0.4) is 0 Å². The smallest absolute Gasteiger partial charge is 0.142 e. The molecule has 3 nitrogen and oxygen atoms in total. The number of phenols is 1. The maximum absolute atomic E-state index is 10.1. The molecule has 110 valence electrons. The SMILES string of the molecule is CC(C)CC[C@H](O)[C@H](N)c1cc(I)c(O)c(I)c1.Cl. The van der Waals surface area contributed by atoms with Crippen molar-refractivity contribution in [3.8, 4) is 5.75 Å². The molecule has 0 aliphatic carbocycles. The number of aromatic hydroxyl groups is 1. The lowest BCUT2D eigenvalue weighted by molar-refractivity contribution is 0.128. The van der Waals surface area contributed by atoms with Crippen molar-refractivity contribution in [3.05, 3.63) is 24.8 Å². The van der Waals surface area contributed by atoms with E-state index in [9.17, 15) is 10.2 Å². The van der Waals surface area contributed by atoms with Gasteiger partial charge in [0, 0.05) is 0 Å². The molecule has 1 rings (SSSR count). The van der Waals surface area contributed by atoms with Crippen LogP contribution in [0.2, 0.25) is 0 Å². The minimum atomic E-state index is -0.538. The number of aliphatic hydroxyl groups excluding tert-OH is 1. The lowest BCUT2D eigenvalue weighted by atomic mass is 9.96. The maximum Gasteiger partial charge on any atom is 0.142 e. The minimum Gasteiger partial charge on any atom is -0.506 e. The summed E-state index contributed by atoms with van der Waals surface area (Å²) < 4.78 is 1.53. The van der Waals surface area contributed by atoms with Gasteiger partial charge in [0.1, 0.15) is 5.75 Å². The number of phenolic OH excluding ortho intramolecular Hbond substituents is 1. The number of halogens is 3. The fourth-order valence-electron chi connectivity index (χ4n) is 1.68. The fraction of sp³-hybridized carbons (Fsp3) is 0.538. The third-order valence-electron chi connectivity index (χ3n) is 2.88. The normalized spacial score (nSPS) is 14.1. The molecule has 0 fully saturated rings. The third-order valence-corrected chi connectivity index (χ3v) is 4.52. The first-order chi connectivity index (χ1) is 8.32. The standard InChI is InChI=1S/C13H19I2NO2.ClH/c1-7(2)3-4-11(17)12(16)8-5-9(14)13(18)10(15)6-8;/h5-7,11-12,17-18H,3-4,16H2,1-2H3;1H/t11-,12+;/m0./s1. The Morgan fingerprint density at radius 1 is 1.16 bits per heavy atom. The van der Waals surface area contributed by atoms with Crippen molar-refractivity contribution < 1.29 is 10.2 Å². The van der Waals surface area contributed by atoms with Gasteiger partial charge >= 0.3 is 0 Å². The lowest BCUT2D eigenvalue weighted by Gasteiger charge is -2.21. The molecule has 0 unspecified atom stereocenters. The average molecular weight is 512 g/mol. The Balaban J connectivity index is 0.00000324. The first kappa shape index (κ1) is 19.7. The second-order valence-corrected chi connectivity index (χ2v) is 7.22. The number of benzene rings is 1. The van der Waals surface area contributed by atoms with E-state index in [1.807, 2.05) is 12.1 Å². The van der Waals surface area contributed by atoms with E-state index in [4.69, 9.17) is 5.73 Å². The average Bonchev–Trinajstić information content (AvgIpc) is 2.31. The molecule has 19 heavy (non-hydrogen) atoms. The molecule has 1 aromatic rings. The molecule has 0 bridgehead atoms. The summed E-state index contributed by atoms with van der Waals surface area (Å²) in [5.74, 6) is 0.843. The third kappa shape index (κ3) is 5.91. The molecule has 1 aromatic carbocycles. The molecule has 0 radical (unpaired) electrons. The van der Waals surface area contributed by atoms with Gasteiger partial charge in [-0.2, -0.15) is 0 Å². The fourth-order valence-corrected chi connectivity index (χ4v) is 3.50. The molecule has 0 heterocycles. The van der Waals surface area contributed by atoms with Gasteiger partial charge in [-0.1, -0.05) is 13.8 Å². The molecule has 6 heteroatoms. The number of hydrogen-bond donors (Lipinski definition) is 3. The van der Waals surface area contributed by atoms with E-state index in [1.54, 1.807) is 0 Å². The van der Waals surface area contributed by atoms with Crippen LogP contribution < -0.4 is 5.73 Å². The Bertz CT molecular complexity index is 393. The summed E-state index contributed by atoms with van der Waals surface area (Å²) in [6.07, 6.45) is 1.12. The van der Waals surface area contributed by atoms with Gasteiger partial charge in [0.15, 0.2) is 0 Å². The maximum atomic E-state index is 10.1. The molecule has 0 spiro atoms. The molecule has 0 saturated heterocycles. The summed E-state index contributed by atoms with van der Waals surface area (Å²) >= 11 is 4.14. The number of hydrogen-bond acceptors (Lipinski definition) is 3. The highest BCUT2D eigenvalue weighted by atomic mass is 127. The van der Waals surface area contributed by atoms with Crippen LogP contribution in [0.4, 0.5) is 0 Å². The Morgan fingerprint density at radius 2 is 1.63 bits per heavy atom. The van der Waals surface area contributed by atoms with Crippen molar-refractivity contribution in [2.75, 3.05) is 0 Å². The van der Waals surface area contributed by atoms with Crippen molar-refractivity contribution in [2.24, 2.45) is 11.7 Å². The van der Waals surface area contributed by atoms with Gasteiger partial charge in [0.25, 0.3) is 0 Å². The molecule has 4 N–H and O–H groups in total. The van der Waals surface area contributed by atoms with Crippen LogP contribution in [0.25, 0.3) is 0 Å². The zero-order chi connectivity index (χ0) is 13.9. The monoisotopic (exact) mass is 511 g/mol. The Morgan fingerprint density at radius 3 is 2.05 bits per heavy atom. The summed E-state index contributed by atoms with van der Waals surface area (Å²) in [7, 11) is 0. The van der Waals surface area contributed by atoms with Gasteiger partial charge in [-0.05, 0) is 81.6 Å². The molecule has 2 atom stereocenters. The zero-order valence-corrected chi connectivity index (χ0v) is 16.1. The van der Waals surface area contributed by atoms with Gasteiger partial charge in [0.2, 0.25) is 0 Å². The van der Waals surface area contributed by atoms with E-state index in [-0.39, 0.29) is 18.2 Å². The highest BCUT2D eigenvalue weighted by Gasteiger charge is 2.19. The largest absolute Gasteiger partial charge is 0.506 e. The molecular weight excluding hydrogens is 491 g/mol. The van der Waals surface area contributed by atoms with Gasteiger partial charge in [-0.25, -0.2) is 0 Å². The zero-order valence-electron chi connectivity index (χ0n) is 10.9. The summed E-state index contributed by atoms with van der Waals surface area (Å²) in [6, 6.07) is 3.27. The summed E-state index contributed by atoms with van der Waals surface area (Å²) in [5, 5.41) is 19.8. The van der Waals surface area contributed by atoms with Crippen LogP contribution in [0.5, 0.6) is 5.75 Å². The number of aliphatic hydroxyl groups is 1. The van der Waals surface area contributed by atoms with Crippen molar-refractivity contribution in [2.45, 2.75) is 38.8 Å². The summed E-state index contributed by atoms with van der Waals surface area (Å²) in [6.45, 7) is 4.26. The van der Waals surface area contributed by atoms with E-state index >= 15 is 0 Å². The Hall–Kier alpha value is 0.690. The summed E-state index contributed by atoms with van der Waals surface area (Å²) in [5.41, 5.74) is 6.95. The Labute approximate surface area is 148 Å². The van der Waals surface area contributed by atoms with E-state index in [2.05, 4.69) is 59.0 Å². The molecular formula is C13H20ClI2NO2. The van der Waals surface area contributed by atoms with Gasteiger partial charge in [0.05, 0.1) is 19.3 Å². The van der Waals surface area contributed by atoms with Gasteiger partial charge in [-0.15, -0.1) is 12.4 Å². The summed E-state index contributed by atoms with van der Waals surface area (Å²) in [4.78, 5) is 0. The van der Waals surface area contributed by atoms with Crippen LogP contribution in [0.1, 0.15) is 38.3 Å². The predicted molar refractivity (Wildman–Crippen MR) is 97.8 cm³/mol. The molecule has 0 saturated carbocycles. The van der Waals surface area contributed by atoms with Crippen LogP contribution in [-0.4, -0.2) is 16.3 Å². The van der Waals surface area contributed by atoms with Crippen molar-refractivity contribution >= 4 is 57.6 Å². The molecule has 0 aromatic heterocycles.